The first-order chi connectivity index (χ1) is 12.1. The van der Waals surface area contributed by atoms with Crippen LogP contribution >= 0.6 is 23.2 Å². The number of rotatable bonds is 2. The molecular formula is C21H26Cl2O3. The Balaban J connectivity index is 1.75. The molecule has 2 saturated carbocycles. The third kappa shape index (κ3) is 2.29. The highest BCUT2D eigenvalue weighted by Crippen LogP contribution is 2.65. The third-order valence-corrected chi connectivity index (χ3v) is 8.49. The summed E-state index contributed by atoms with van der Waals surface area (Å²) in [5.41, 5.74) is 0.681. The lowest BCUT2D eigenvalue weighted by Crippen LogP contribution is -2.56. The highest BCUT2D eigenvalue weighted by molar-refractivity contribution is 6.54. The van der Waals surface area contributed by atoms with Gasteiger partial charge in [0.15, 0.2) is 16.4 Å². The first-order valence-electron chi connectivity index (χ1n) is 9.63. The highest BCUT2D eigenvalue weighted by atomic mass is 35.5. The summed E-state index contributed by atoms with van der Waals surface area (Å²) in [5, 5.41) is 11.3. The molecule has 0 aromatic rings. The molecule has 0 spiro atoms. The molecule has 142 valence electrons. The number of alkyl halides is 2. The Morgan fingerprint density at radius 2 is 1.96 bits per heavy atom. The van der Waals surface area contributed by atoms with Crippen molar-refractivity contribution in [2.45, 2.75) is 69.2 Å². The Morgan fingerprint density at radius 3 is 2.65 bits per heavy atom. The van der Waals surface area contributed by atoms with E-state index in [1.165, 1.54) is 11.1 Å². The van der Waals surface area contributed by atoms with E-state index in [1.807, 2.05) is 13.0 Å². The fraction of sp³-hybridized carbons (Fsp3) is 0.714. The Kier molecular flexibility index (Phi) is 4.26. The van der Waals surface area contributed by atoms with E-state index in [0.717, 1.165) is 25.7 Å². The van der Waals surface area contributed by atoms with E-state index in [-0.39, 0.29) is 17.1 Å². The number of hydrogen-bond donors (Lipinski definition) is 1. The molecule has 0 aliphatic heterocycles. The Hall–Kier alpha value is -0.640. The predicted octanol–water partition coefficient (Wildman–Crippen LogP) is 4.54. The van der Waals surface area contributed by atoms with Crippen molar-refractivity contribution in [3.63, 3.8) is 0 Å². The lowest BCUT2D eigenvalue weighted by molar-refractivity contribution is -0.150. The first kappa shape index (κ1) is 18.7. The standard InChI is InChI=1S/C21H26Cl2O3/c1-19-8-5-13(24)11-12(19)3-4-14-15(19)6-9-20(2)16(14)7-10-21(20,26)17(25)18(22)23/h6,11,14,16,18,26H,3-5,7-10H2,1-2H3/t14-,16+,19+,20+,21+/m1/s1. The summed E-state index contributed by atoms with van der Waals surface area (Å²) >= 11 is 11.7. The summed E-state index contributed by atoms with van der Waals surface area (Å²) in [5.74, 6) is 0.399. The molecular weight excluding hydrogens is 371 g/mol. The summed E-state index contributed by atoms with van der Waals surface area (Å²) in [4.78, 5) is 23.3. The van der Waals surface area contributed by atoms with Crippen LogP contribution in [0.5, 0.6) is 0 Å². The molecule has 0 saturated heterocycles. The Labute approximate surface area is 164 Å². The van der Waals surface area contributed by atoms with E-state index < -0.39 is 21.6 Å². The van der Waals surface area contributed by atoms with E-state index in [4.69, 9.17) is 23.2 Å². The van der Waals surface area contributed by atoms with Crippen molar-refractivity contribution in [2.24, 2.45) is 22.7 Å². The fourth-order valence-electron chi connectivity index (χ4n) is 6.46. The number of Topliss-reactive ketones (excluding diaryl/α,β-unsaturated/α-hetero) is 1. The van der Waals surface area contributed by atoms with E-state index in [9.17, 15) is 14.7 Å². The van der Waals surface area contributed by atoms with Crippen molar-refractivity contribution in [2.75, 3.05) is 0 Å². The molecule has 0 amide bonds. The van der Waals surface area contributed by atoms with Crippen LogP contribution in [-0.2, 0) is 9.59 Å². The molecule has 0 bridgehead atoms. The molecule has 1 N–H and O–H groups in total. The van der Waals surface area contributed by atoms with E-state index in [2.05, 4.69) is 13.0 Å². The maximum absolute atomic E-state index is 12.6. The van der Waals surface area contributed by atoms with Gasteiger partial charge in [0.1, 0.15) is 5.60 Å². The van der Waals surface area contributed by atoms with Gasteiger partial charge in [-0.25, -0.2) is 0 Å². The molecule has 0 radical (unpaired) electrons. The molecule has 26 heavy (non-hydrogen) atoms. The Bertz CT molecular complexity index is 740. The number of ketones is 2. The number of hydrogen-bond acceptors (Lipinski definition) is 3. The van der Waals surface area contributed by atoms with E-state index >= 15 is 0 Å². The number of carbonyl (C=O) groups is 2. The molecule has 0 aromatic carbocycles. The van der Waals surface area contributed by atoms with Crippen LogP contribution < -0.4 is 0 Å². The zero-order chi connectivity index (χ0) is 18.9. The molecule has 5 atom stereocenters. The lowest BCUT2D eigenvalue weighted by atomic mass is 9.50. The van der Waals surface area contributed by atoms with Crippen LogP contribution in [0.25, 0.3) is 0 Å². The van der Waals surface area contributed by atoms with Gasteiger partial charge >= 0.3 is 0 Å². The van der Waals surface area contributed by atoms with Gasteiger partial charge in [0, 0.05) is 17.3 Å². The SMILES string of the molecule is C[C@]12CCC(=O)C=C1CC[C@@H]1C2=CC[C@@]2(C)[C@H]1CC[C@]2(O)C(=O)C(Cl)Cl. The molecule has 0 unspecified atom stereocenters. The van der Waals surface area contributed by atoms with Crippen LogP contribution in [0, 0.1) is 22.7 Å². The smallest absolute Gasteiger partial charge is 0.197 e. The second-order valence-electron chi connectivity index (χ2n) is 9.06. The van der Waals surface area contributed by atoms with Crippen molar-refractivity contribution >= 4 is 34.8 Å². The van der Waals surface area contributed by atoms with Crippen molar-refractivity contribution in [1.82, 2.24) is 0 Å². The molecule has 4 rings (SSSR count). The summed E-state index contributed by atoms with van der Waals surface area (Å²) in [6.07, 6.45) is 9.41. The Morgan fingerprint density at radius 1 is 1.23 bits per heavy atom. The van der Waals surface area contributed by atoms with Gasteiger partial charge in [0.2, 0.25) is 0 Å². The van der Waals surface area contributed by atoms with Crippen LogP contribution in [0.4, 0.5) is 0 Å². The van der Waals surface area contributed by atoms with E-state index in [1.54, 1.807) is 0 Å². The summed E-state index contributed by atoms with van der Waals surface area (Å²) in [6.45, 7) is 4.30. The zero-order valence-electron chi connectivity index (χ0n) is 15.4. The molecule has 3 nitrogen and oxygen atoms in total. The average molecular weight is 397 g/mol. The topological polar surface area (TPSA) is 54.4 Å². The summed E-state index contributed by atoms with van der Waals surface area (Å²) in [6, 6.07) is 0. The quantitative estimate of drug-likeness (QED) is 0.550. The number of allylic oxidation sites excluding steroid dienone is 4. The van der Waals surface area contributed by atoms with Gasteiger partial charge in [-0.3, -0.25) is 9.59 Å². The minimum Gasteiger partial charge on any atom is -0.381 e. The largest absolute Gasteiger partial charge is 0.381 e. The van der Waals surface area contributed by atoms with Crippen molar-refractivity contribution in [3.8, 4) is 0 Å². The van der Waals surface area contributed by atoms with E-state index in [0.29, 0.717) is 25.2 Å². The molecule has 2 fully saturated rings. The second-order valence-corrected chi connectivity index (χ2v) is 10.2. The van der Waals surface area contributed by atoms with Crippen LogP contribution in [0.15, 0.2) is 23.3 Å². The summed E-state index contributed by atoms with van der Waals surface area (Å²) in [7, 11) is 0. The predicted molar refractivity (Wildman–Crippen MR) is 102 cm³/mol. The van der Waals surface area contributed by atoms with Gasteiger partial charge in [0.25, 0.3) is 0 Å². The fourth-order valence-corrected chi connectivity index (χ4v) is 6.82. The average Bonchev–Trinajstić information content (AvgIpc) is 2.87. The van der Waals surface area contributed by atoms with Crippen LogP contribution in [0.1, 0.15) is 58.8 Å². The zero-order valence-corrected chi connectivity index (χ0v) is 16.9. The monoisotopic (exact) mass is 396 g/mol. The van der Waals surface area contributed by atoms with Crippen molar-refractivity contribution in [1.29, 1.82) is 0 Å². The number of aliphatic hydroxyl groups is 1. The van der Waals surface area contributed by atoms with Crippen LogP contribution in [0.3, 0.4) is 0 Å². The minimum atomic E-state index is -1.45. The number of carbonyl (C=O) groups excluding carboxylic acids is 2. The van der Waals surface area contributed by atoms with Crippen LogP contribution in [0.2, 0.25) is 0 Å². The van der Waals surface area contributed by atoms with Gasteiger partial charge in [0.05, 0.1) is 0 Å². The normalized spacial score (nSPS) is 44.8. The maximum Gasteiger partial charge on any atom is 0.197 e. The number of halogens is 2. The van der Waals surface area contributed by atoms with Crippen LogP contribution in [-0.4, -0.2) is 27.1 Å². The van der Waals surface area contributed by atoms with Gasteiger partial charge < -0.3 is 5.11 Å². The van der Waals surface area contributed by atoms with Crippen molar-refractivity contribution in [3.05, 3.63) is 23.3 Å². The van der Waals surface area contributed by atoms with Crippen molar-refractivity contribution < 1.29 is 14.7 Å². The minimum absolute atomic E-state index is 0.0373. The lowest BCUT2D eigenvalue weighted by Gasteiger charge is -2.54. The molecule has 0 heterocycles. The maximum atomic E-state index is 12.6. The molecule has 0 aromatic heterocycles. The molecule has 4 aliphatic rings. The molecule has 5 heteroatoms. The highest BCUT2D eigenvalue weighted by Gasteiger charge is 2.65. The summed E-state index contributed by atoms with van der Waals surface area (Å²) < 4.78 is 0. The van der Waals surface area contributed by atoms with Gasteiger partial charge in [-0.1, -0.05) is 54.3 Å². The van der Waals surface area contributed by atoms with Gasteiger partial charge in [-0.15, -0.1) is 0 Å². The molecule has 4 aliphatic carbocycles. The first-order valence-corrected chi connectivity index (χ1v) is 10.5. The third-order valence-electron chi connectivity index (χ3n) is 8.09. The second kappa shape index (κ2) is 5.93. The van der Waals surface area contributed by atoms with Gasteiger partial charge in [-0.05, 0) is 56.4 Å². The number of fused-ring (bicyclic) bond motifs is 5. The van der Waals surface area contributed by atoms with Gasteiger partial charge in [-0.2, -0.15) is 0 Å².